The molecular weight excluding hydrogens is 1320 g/mol. The van der Waals surface area contributed by atoms with Gasteiger partial charge in [0.25, 0.3) is 0 Å². The van der Waals surface area contributed by atoms with Crippen LogP contribution in [0.25, 0.3) is 0 Å². The number of unbranched alkanes of at least 4 members (excludes halogenated alkanes) is 42. The smallest absolute Gasteiger partial charge is 0.462 e. The van der Waals surface area contributed by atoms with Gasteiger partial charge in [-0.2, -0.15) is 0 Å². The molecule has 2 fully saturated rings. The Morgan fingerprint density at radius 1 is 0.398 bits per heavy atom. The second-order valence-electron chi connectivity index (χ2n) is 33.1. The van der Waals surface area contributed by atoms with Crippen molar-refractivity contribution in [2.24, 2.45) is 23.7 Å². The number of carbonyl (C=O) groups excluding carboxylic acids is 3. The molecule has 2 saturated carbocycles. The van der Waals surface area contributed by atoms with Gasteiger partial charge in [0.2, 0.25) is 0 Å². The minimum absolute atomic E-state index is 0. The fourth-order valence-electron chi connectivity index (χ4n) is 14.4. The van der Waals surface area contributed by atoms with Gasteiger partial charge >= 0.3 is 25.7 Å². The predicted molar refractivity (Wildman–Crippen MR) is 442 cm³/mol. The Labute approximate surface area is 645 Å². The molecular formula is C89H173ClN2O10P+. The molecule has 0 radical (unpaired) electrons. The lowest BCUT2D eigenvalue weighted by Gasteiger charge is -2.24. The molecule has 14 heteroatoms. The number of quaternary nitrogens is 1. The molecule has 0 aromatic carbocycles. The molecule has 2 rings (SSSR count). The van der Waals surface area contributed by atoms with Crippen molar-refractivity contribution in [2.45, 2.75) is 438 Å². The highest BCUT2D eigenvalue weighted by atomic mass is 35.5. The maximum atomic E-state index is 12.7. The van der Waals surface area contributed by atoms with Gasteiger partial charge in [-0.15, -0.1) is 12.4 Å². The molecule has 1 N–H and O–H groups in total. The van der Waals surface area contributed by atoms with Crippen LogP contribution in [0, 0.1) is 23.7 Å². The Kier molecular flexibility index (Phi) is 71.8. The van der Waals surface area contributed by atoms with Crippen LogP contribution in [0.15, 0.2) is 24.3 Å². The van der Waals surface area contributed by atoms with Crippen LogP contribution in [0.5, 0.6) is 0 Å². The number of phosphoric ester groups is 1. The van der Waals surface area contributed by atoms with E-state index in [4.69, 9.17) is 23.3 Å². The Hall–Kier alpha value is -1.79. The van der Waals surface area contributed by atoms with Crippen LogP contribution in [0.1, 0.15) is 426 Å². The second kappa shape index (κ2) is 73.0. The van der Waals surface area contributed by atoms with E-state index < -0.39 is 26.5 Å². The molecule has 0 amide bonds. The Balaban J connectivity index is 0.00000201. The molecule has 0 heterocycles. The number of allylic oxidation sites excluding steroid dienone is 4. The van der Waals surface area contributed by atoms with E-state index in [2.05, 4.69) is 71.0 Å². The topological polar surface area (TPSA) is 138 Å². The zero-order chi connectivity index (χ0) is 74.5. The van der Waals surface area contributed by atoms with Crippen LogP contribution in [0.2, 0.25) is 0 Å². The van der Waals surface area contributed by atoms with E-state index in [0.717, 1.165) is 120 Å². The molecule has 2 aliphatic rings. The van der Waals surface area contributed by atoms with Gasteiger partial charge in [0.1, 0.15) is 25.9 Å². The van der Waals surface area contributed by atoms with E-state index in [1.165, 1.54) is 283 Å². The number of nitrogens with zero attached hydrogens (tertiary/aromatic N) is 2. The third kappa shape index (κ3) is 72.8. The molecule has 0 saturated heterocycles. The average molecular weight is 1500 g/mol. The van der Waals surface area contributed by atoms with E-state index in [1.54, 1.807) is 0 Å². The van der Waals surface area contributed by atoms with E-state index >= 15 is 0 Å². The normalized spacial score (nSPS) is 16.9. The number of rotatable bonds is 77. The van der Waals surface area contributed by atoms with Crippen LogP contribution >= 0.6 is 20.2 Å². The van der Waals surface area contributed by atoms with Gasteiger partial charge in [0.05, 0.1) is 27.7 Å². The minimum atomic E-state index is -4.37. The van der Waals surface area contributed by atoms with Crippen molar-refractivity contribution >= 4 is 38.1 Å². The van der Waals surface area contributed by atoms with Crippen molar-refractivity contribution in [1.29, 1.82) is 0 Å². The lowest BCUT2D eigenvalue weighted by molar-refractivity contribution is -0.870. The van der Waals surface area contributed by atoms with Gasteiger partial charge < -0.3 is 28.5 Å². The first-order valence-corrected chi connectivity index (χ1v) is 45.9. The van der Waals surface area contributed by atoms with Crippen molar-refractivity contribution in [3.8, 4) is 0 Å². The quantitative estimate of drug-likeness (QED) is 0.0156. The molecule has 0 aliphatic heterocycles. The third-order valence-electron chi connectivity index (χ3n) is 21.4. The molecule has 5 unspecified atom stereocenters. The number of esters is 3. The lowest BCUT2D eigenvalue weighted by Crippen LogP contribution is -2.37. The summed E-state index contributed by atoms with van der Waals surface area (Å²) in [4.78, 5) is 50.1. The van der Waals surface area contributed by atoms with Crippen LogP contribution in [0.4, 0.5) is 0 Å². The molecule has 0 spiro atoms. The number of hydrogen-bond acceptors (Lipinski definition) is 10. The van der Waals surface area contributed by atoms with Gasteiger partial charge in [0.15, 0.2) is 6.10 Å². The number of likely N-dealkylation sites (N-methyl/N-ethyl adjacent to an activating group) is 1. The van der Waals surface area contributed by atoms with Gasteiger partial charge in [-0.25, -0.2) is 4.57 Å². The standard InChI is InChI=1S/C45H87NO2.C44H84NO8P.ClH/c1-5-7-9-11-17-23-30-40-38-42(40)32-25-19-13-15-21-27-34-44(48-45(47)36-29-37-46(3)4)35-28-22-16-14-20-26-33-43-39-41(43)31-24-18-12-10-8-6-2;1-6-8-10-12-14-16-18-20-22-24-26-28-30-32-34-36-43(46)50-40-42(41-52-54(48,49)51-39-38-45(3,4)5)53-44(47)37-35-33-31-29-27-25-23-21-19-17-15-13-11-9-7-2;/h40-44H,5-39H2,1-4H3;20-23,42H,6-19,24-41H2,1-5H3;1H/p+1/b;22-20-,23-21-;/t;42-;/m.1./s1. The SMILES string of the molecule is CCCCCCCC/C=C\CCCCCCCC(=O)OC[C@H](COP(=O)(O)OCC[N+](C)(C)C)OC(=O)CCCCCCC/C=C\CCCCCCCC.CCCCCCCCC1CC1CCCCCCCCC(CCCCCCCCC1CC1CCCCCCCC)OC(=O)CCCN(C)C.Cl. The van der Waals surface area contributed by atoms with Crippen molar-refractivity contribution in [3.05, 3.63) is 24.3 Å². The van der Waals surface area contributed by atoms with Gasteiger partial charge in [-0.3, -0.25) is 23.4 Å². The number of carbonyl (C=O) groups is 3. The fraction of sp³-hybridized carbons (Fsp3) is 0.921. The van der Waals surface area contributed by atoms with Crippen LogP contribution < -0.4 is 0 Å². The average Bonchev–Trinajstić information content (AvgIpc) is 1.72. The molecule has 2 aliphatic carbocycles. The number of phosphoric acid groups is 1. The zero-order valence-corrected chi connectivity index (χ0v) is 71.2. The van der Waals surface area contributed by atoms with E-state index in [0.29, 0.717) is 23.9 Å². The van der Waals surface area contributed by atoms with Crippen molar-refractivity contribution < 1.29 is 51.6 Å². The Morgan fingerprint density at radius 2 is 0.699 bits per heavy atom. The first-order valence-electron chi connectivity index (χ1n) is 44.4. The molecule has 0 aromatic heterocycles. The highest BCUT2D eigenvalue weighted by molar-refractivity contribution is 7.47. The summed E-state index contributed by atoms with van der Waals surface area (Å²) in [5, 5.41) is 0. The fourth-order valence-corrected chi connectivity index (χ4v) is 15.1. The highest BCUT2D eigenvalue weighted by Crippen LogP contribution is 2.47. The van der Waals surface area contributed by atoms with Crippen LogP contribution in [0.3, 0.4) is 0 Å². The first-order chi connectivity index (χ1) is 49.5. The highest BCUT2D eigenvalue weighted by Gasteiger charge is 2.36. The van der Waals surface area contributed by atoms with Crippen molar-refractivity contribution in [3.63, 3.8) is 0 Å². The molecule has 6 atom stereocenters. The molecule has 0 aromatic rings. The molecule has 12 nitrogen and oxygen atoms in total. The van der Waals surface area contributed by atoms with Crippen molar-refractivity contribution in [2.75, 3.05) is 68.1 Å². The summed E-state index contributed by atoms with van der Waals surface area (Å²) >= 11 is 0. The van der Waals surface area contributed by atoms with Crippen LogP contribution in [-0.2, 0) is 42.2 Å². The Morgan fingerprint density at radius 3 is 1.05 bits per heavy atom. The zero-order valence-electron chi connectivity index (χ0n) is 69.5. The van der Waals surface area contributed by atoms with Gasteiger partial charge in [-0.05, 0) is 153 Å². The predicted octanol–water partition coefficient (Wildman–Crippen LogP) is 27.0. The largest absolute Gasteiger partial charge is 0.472 e. The number of halogens is 1. The number of ether oxygens (including phenoxy) is 3. The first kappa shape index (κ1) is 101. The second-order valence-corrected chi connectivity index (χ2v) is 34.6. The summed E-state index contributed by atoms with van der Waals surface area (Å²) in [7, 11) is 5.62. The molecule has 0 bridgehead atoms. The summed E-state index contributed by atoms with van der Waals surface area (Å²) in [6.07, 6.45) is 85.8. The molecule has 103 heavy (non-hydrogen) atoms. The van der Waals surface area contributed by atoms with E-state index in [1.807, 2.05) is 21.1 Å². The summed E-state index contributed by atoms with van der Waals surface area (Å²) in [5.41, 5.74) is 0. The Bertz CT molecular complexity index is 1940. The summed E-state index contributed by atoms with van der Waals surface area (Å²) in [6, 6.07) is 0. The van der Waals surface area contributed by atoms with Gasteiger partial charge in [0, 0.05) is 19.3 Å². The lowest BCUT2D eigenvalue weighted by atomic mass is 10.0. The maximum Gasteiger partial charge on any atom is 0.472 e. The van der Waals surface area contributed by atoms with E-state index in [9.17, 15) is 23.8 Å². The summed E-state index contributed by atoms with van der Waals surface area (Å²) in [6.45, 7) is 9.97. The monoisotopic (exact) mass is 1500 g/mol. The van der Waals surface area contributed by atoms with Gasteiger partial charge in [-0.1, -0.05) is 322 Å². The van der Waals surface area contributed by atoms with Crippen molar-refractivity contribution in [1.82, 2.24) is 4.90 Å². The van der Waals surface area contributed by atoms with E-state index in [-0.39, 0.29) is 56.5 Å². The third-order valence-corrected chi connectivity index (χ3v) is 22.4. The molecule has 610 valence electrons. The summed E-state index contributed by atoms with van der Waals surface area (Å²) in [5.74, 6) is 3.53. The van der Waals surface area contributed by atoms with Crippen LogP contribution in [-0.4, -0.2) is 113 Å². The number of hydrogen-bond donors (Lipinski definition) is 1. The summed E-state index contributed by atoms with van der Waals surface area (Å²) < 4.78 is 40.3. The maximum absolute atomic E-state index is 12.7. The minimum Gasteiger partial charge on any atom is -0.462 e.